The summed E-state index contributed by atoms with van der Waals surface area (Å²) in [7, 11) is 0. The maximum atomic E-state index is 13.8. The minimum Gasteiger partial charge on any atom is -0.391 e. The summed E-state index contributed by atoms with van der Waals surface area (Å²) in [6, 6.07) is 21.0. The van der Waals surface area contributed by atoms with Crippen molar-refractivity contribution >= 4 is 46.1 Å². The number of para-hydroxylation sites is 1. The topological polar surface area (TPSA) is 164 Å². The fraction of sp³-hybridized carbons (Fsp3) is 0.342. The number of carbonyl (C=O) groups is 4. The van der Waals surface area contributed by atoms with Crippen molar-refractivity contribution in [3.8, 4) is 0 Å². The number of nitrogens with one attached hydrogen (secondary N) is 3. The van der Waals surface area contributed by atoms with Crippen LogP contribution in [0.15, 0.2) is 78.9 Å². The van der Waals surface area contributed by atoms with Gasteiger partial charge in [0.2, 0.25) is 11.8 Å². The highest BCUT2D eigenvalue weighted by Crippen LogP contribution is 2.29. The first kappa shape index (κ1) is 37.0. The molecule has 0 fully saturated rings. The van der Waals surface area contributed by atoms with Crippen LogP contribution in [0.25, 0.3) is 10.9 Å². The lowest BCUT2D eigenvalue weighted by Crippen LogP contribution is -2.54. The van der Waals surface area contributed by atoms with Crippen molar-refractivity contribution in [2.45, 2.75) is 83.5 Å². The number of benzene rings is 3. The van der Waals surface area contributed by atoms with E-state index in [-0.39, 0.29) is 30.4 Å². The third-order valence-corrected chi connectivity index (χ3v) is 8.28. The van der Waals surface area contributed by atoms with Crippen LogP contribution in [0.2, 0.25) is 5.02 Å². The number of aliphatic hydroxyl groups excluding tert-OH is 1. The molecule has 0 aliphatic rings. The number of rotatable bonds is 13. The van der Waals surface area contributed by atoms with E-state index in [1.54, 1.807) is 24.3 Å². The molecule has 3 aromatic carbocycles. The number of nitrogens with zero attached hydrogens (tertiary/aromatic N) is 1. The molecule has 258 valence electrons. The molecule has 0 spiro atoms. The number of aromatic nitrogens is 1. The Bertz CT molecular complexity index is 1820. The third kappa shape index (κ3) is 10.1. The molecule has 0 unspecified atom stereocenters. The van der Waals surface area contributed by atoms with E-state index in [1.165, 1.54) is 6.07 Å². The molecule has 0 aliphatic carbocycles. The molecule has 4 aromatic rings. The van der Waals surface area contributed by atoms with E-state index in [9.17, 15) is 24.3 Å². The molecular formula is C38H44ClN5O5. The van der Waals surface area contributed by atoms with Gasteiger partial charge in [-0.05, 0) is 61.9 Å². The van der Waals surface area contributed by atoms with Crippen LogP contribution in [0.1, 0.15) is 84.5 Å². The van der Waals surface area contributed by atoms with Crippen LogP contribution < -0.4 is 21.7 Å². The maximum Gasteiger partial charge on any atom is 0.270 e. The number of amides is 4. The van der Waals surface area contributed by atoms with Crippen LogP contribution in [0.5, 0.6) is 0 Å². The molecule has 0 bridgehead atoms. The van der Waals surface area contributed by atoms with Crippen molar-refractivity contribution in [2.75, 3.05) is 0 Å². The average Bonchev–Trinajstić information content (AvgIpc) is 3.03. The third-order valence-electron chi connectivity index (χ3n) is 7.97. The van der Waals surface area contributed by atoms with Crippen LogP contribution >= 0.6 is 11.6 Å². The van der Waals surface area contributed by atoms with Gasteiger partial charge in [-0.15, -0.1) is 0 Å². The highest BCUT2D eigenvalue weighted by atomic mass is 35.5. The summed E-state index contributed by atoms with van der Waals surface area (Å²) in [5.74, 6) is -2.44. The van der Waals surface area contributed by atoms with Crippen LogP contribution in [0.3, 0.4) is 0 Å². The first-order valence-electron chi connectivity index (χ1n) is 16.2. The Kier molecular flexibility index (Phi) is 12.1. The number of hydrogen-bond acceptors (Lipinski definition) is 6. The number of pyridine rings is 1. The van der Waals surface area contributed by atoms with Crippen molar-refractivity contribution in [1.29, 1.82) is 0 Å². The molecule has 0 saturated carbocycles. The van der Waals surface area contributed by atoms with Gasteiger partial charge in [0.15, 0.2) is 0 Å². The van der Waals surface area contributed by atoms with Gasteiger partial charge in [-0.25, -0.2) is 4.98 Å². The van der Waals surface area contributed by atoms with Crippen molar-refractivity contribution in [1.82, 2.24) is 20.9 Å². The van der Waals surface area contributed by atoms with Crippen LogP contribution in [0.4, 0.5) is 0 Å². The molecule has 4 rings (SSSR count). The quantitative estimate of drug-likeness (QED) is 0.135. The van der Waals surface area contributed by atoms with Crippen LogP contribution in [0, 0.1) is 0 Å². The molecule has 6 N–H and O–H groups in total. The summed E-state index contributed by atoms with van der Waals surface area (Å²) < 4.78 is 0. The van der Waals surface area contributed by atoms with E-state index >= 15 is 0 Å². The second-order valence-corrected chi connectivity index (χ2v) is 13.9. The molecule has 10 nitrogen and oxygen atoms in total. The summed E-state index contributed by atoms with van der Waals surface area (Å²) in [5, 5.41) is 21.0. The van der Waals surface area contributed by atoms with E-state index in [1.807, 2.05) is 83.1 Å². The molecule has 4 amide bonds. The molecule has 0 aliphatic heterocycles. The second-order valence-electron chi connectivity index (χ2n) is 13.5. The van der Waals surface area contributed by atoms with Gasteiger partial charge >= 0.3 is 0 Å². The Morgan fingerprint density at radius 1 is 0.878 bits per heavy atom. The summed E-state index contributed by atoms with van der Waals surface area (Å²) in [5.41, 5.74) is 8.29. The lowest BCUT2D eigenvalue weighted by Gasteiger charge is -2.28. The molecule has 0 radical (unpaired) electrons. The fourth-order valence-corrected chi connectivity index (χ4v) is 5.84. The molecule has 3 atom stereocenters. The second kappa shape index (κ2) is 16.1. The van der Waals surface area contributed by atoms with E-state index < -0.39 is 47.9 Å². The number of halogens is 1. The van der Waals surface area contributed by atoms with Gasteiger partial charge in [0, 0.05) is 22.9 Å². The standard InChI is InChI=1S/C38H44ClN5O5/c1-22(2)25-16-11-17-27-28(39)20-30(41-34(25)27)36(48)43-31(21-33(40)46)37(49)42-29(18-23-12-7-6-8-13-23)32(45)19-24-14-9-10-15-26(24)35(47)44-38(3,4)5/h6-17,20,22,29,31-32,45H,18-19,21H2,1-5H3,(H2,40,46)(H,42,49)(H,43,48)(H,44,47)/t29-,31-,32+/m0/s1. The zero-order valence-electron chi connectivity index (χ0n) is 28.4. The Hall–Kier alpha value is -4.80. The van der Waals surface area contributed by atoms with Crippen molar-refractivity contribution in [2.24, 2.45) is 5.73 Å². The smallest absolute Gasteiger partial charge is 0.270 e. The molecule has 11 heteroatoms. The minimum absolute atomic E-state index is 0.0288. The van der Waals surface area contributed by atoms with Gasteiger partial charge in [0.05, 0.1) is 29.1 Å². The first-order chi connectivity index (χ1) is 23.1. The fourth-order valence-electron chi connectivity index (χ4n) is 5.58. The number of aliphatic hydroxyl groups is 1. The maximum absolute atomic E-state index is 13.8. The molecule has 1 heterocycles. The van der Waals surface area contributed by atoms with E-state index in [2.05, 4.69) is 20.9 Å². The van der Waals surface area contributed by atoms with Crippen molar-refractivity contribution in [3.63, 3.8) is 0 Å². The lowest BCUT2D eigenvalue weighted by molar-refractivity contribution is -0.128. The zero-order valence-corrected chi connectivity index (χ0v) is 29.2. The molecule has 0 saturated heterocycles. The van der Waals surface area contributed by atoms with Gasteiger partial charge < -0.3 is 26.8 Å². The van der Waals surface area contributed by atoms with Gasteiger partial charge in [0.1, 0.15) is 11.7 Å². The summed E-state index contributed by atoms with van der Waals surface area (Å²) in [6.45, 7) is 9.64. The molecule has 1 aromatic heterocycles. The number of hydrogen-bond donors (Lipinski definition) is 5. The van der Waals surface area contributed by atoms with E-state index in [0.29, 0.717) is 27.1 Å². The first-order valence-corrected chi connectivity index (χ1v) is 16.6. The number of primary amides is 1. The number of carbonyl (C=O) groups excluding carboxylic acids is 4. The Labute approximate surface area is 291 Å². The predicted molar refractivity (Wildman–Crippen MR) is 191 cm³/mol. The van der Waals surface area contributed by atoms with Gasteiger partial charge in [-0.2, -0.15) is 0 Å². The summed E-state index contributed by atoms with van der Waals surface area (Å²) in [6.07, 6.45) is -1.40. The summed E-state index contributed by atoms with van der Waals surface area (Å²) in [4.78, 5) is 57.1. The monoisotopic (exact) mass is 685 g/mol. The SMILES string of the molecule is CC(C)c1cccc2c(Cl)cc(C(=O)N[C@@H](CC(N)=O)C(=O)N[C@@H](Cc3ccccc3)[C@H](O)Cc3ccccc3C(=O)NC(C)(C)C)nc12. The van der Waals surface area contributed by atoms with E-state index in [0.717, 1.165) is 11.1 Å². The molecule has 49 heavy (non-hydrogen) atoms. The zero-order chi connectivity index (χ0) is 35.9. The van der Waals surface area contributed by atoms with Crippen molar-refractivity contribution < 1.29 is 24.3 Å². The summed E-state index contributed by atoms with van der Waals surface area (Å²) >= 11 is 6.55. The number of fused-ring (bicyclic) bond motifs is 1. The van der Waals surface area contributed by atoms with Crippen LogP contribution in [-0.4, -0.2) is 57.4 Å². The Balaban J connectivity index is 1.61. The van der Waals surface area contributed by atoms with Crippen molar-refractivity contribution in [3.05, 3.63) is 112 Å². The highest BCUT2D eigenvalue weighted by Gasteiger charge is 2.30. The van der Waals surface area contributed by atoms with Gasteiger partial charge in [-0.1, -0.05) is 92.2 Å². The minimum atomic E-state index is -1.38. The van der Waals surface area contributed by atoms with Crippen LogP contribution in [-0.2, 0) is 22.4 Å². The van der Waals surface area contributed by atoms with Gasteiger partial charge in [-0.3, -0.25) is 19.2 Å². The predicted octanol–water partition coefficient (Wildman–Crippen LogP) is 4.84. The van der Waals surface area contributed by atoms with E-state index in [4.69, 9.17) is 17.3 Å². The Morgan fingerprint density at radius 2 is 1.55 bits per heavy atom. The number of nitrogens with two attached hydrogens (primary N) is 1. The lowest BCUT2D eigenvalue weighted by atomic mass is 9.93. The molecular weight excluding hydrogens is 642 g/mol. The average molecular weight is 686 g/mol. The van der Waals surface area contributed by atoms with Gasteiger partial charge in [0.25, 0.3) is 11.8 Å². The normalized spacial score (nSPS) is 13.4. The largest absolute Gasteiger partial charge is 0.391 e. The Morgan fingerprint density at radius 3 is 2.20 bits per heavy atom. The highest BCUT2D eigenvalue weighted by molar-refractivity contribution is 6.35.